The number of benzene rings is 2. The molecule has 0 heterocycles. The van der Waals surface area contributed by atoms with Crippen LogP contribution in [0.25, 0.3) is 0 Å². The molecular formula is C18H17ClN2O2. The molecule has 0 spiro atoms. The van der Waals surface area contributed by atoms with Crippen LogP contribution in [-0.2, 0) is 4.79 Å². The highest BCUT2D eigenvalue weighted by Crippen LogP contribution is 2.19. The summed E-state index contributed by atoms with van der Waals surface area (Å²) in [5, 5.41) is 12.2. The Morgan fingerprint density at radius 2 is 1.91 bits per heavy atom. The third-order valence-corrected chi connectivity index (χ3v) is 3.61. The van der Waals surface area contributed by atoms with Crippen LogP contribution in [0.3, 0.4) is 0 Å². The zero-order valence-corrected chi connectivity index (χ0v) is 13.7. The fraction of sp³-hybridized carbons (Fsp3) is 0.222. The van der Waals surface area contributed by atoms with Crippen molar-refractivity contribution >= 4 is 17.5 Å². The first-order valence-corrected chi connectivity index (χ1v) is 7.60. The van der Waals surface area contributed by atoms with Gasteiger partial charge in [0.05, 0.1) is 17.7 Å². The first-order valence-electron chi connectivity index (χ1n) is 7.22. The van der Waals surface area contributed by atoms with Gasteiger partial charge in [-0.25, -0.2) is 0 Å². The summed E-state index contributed by atoms with van der Waals surface area (Å²) in [6.45, 7) is 3.56. The Bertz CT molecular complexity index is 723. The molecule has 0 bridgehead atoms. The number of nitrogens with zero attached hydrogens (tertiary/aromatic N) is 1. The lowest BCUT2D eigenvalue weighted by atomic mass is 10.1. The summed E-state index contributed by atoms with van der Waals surface area (Å²) in [5.41, 5.74) is 1.51. The Morgan fingerprint density at radius 1 is 1.22 bits per heavy atom. The monoisotopic (exact) mass is 328 g/mol. The summed E-state index contributed by atoms with van der Waals surface area (Å²) in [6, 6.07) is 15.9. The Labute approximate surface area is 140 Å². The lowest BCUT2D eigenvalue weighted by Crippen LogP contribution is -2.37. The van der Waals surface area contributed by atoms with E-state index < -0.39 is 6.10 Å². The molecular weight excluding hydrogens is 312 g/mol. The van der Waals surface area contributed by atoms with Crippen LogP contribution in [0.15, 0.2) is 48.5 Å². The predicted octanol–water partition coefficient (Wildman–Crippen LogP) is 3.86. The van der Waals surface area contributed by atoms with Gasteiger partial charge >= 0.3 is 0 Å². The first kappa shape index (κ1) is 16.9. The molecule has 5 heteroatoms. The second kappa shape index (κ2) is 7.66. The largest absolute Gasteiger partial charge is 0.481 e. The van der Waals surface area contributed by atoms with Gasteiger partial charge in [0, 0.05) is 5.02 Å². The summed E-state index contributed by atoms with van der Waals surface area (Å²) < 4.78 is 5.59. The predicted molar refractivity (Wildman–Crippen MR) is 89.3 cm³/mol. The van der Waals surface area contributed by atoms with Crippen LogP contribution >= 0.6 is 11.6 Å². The Hall–Kier alpha value is -2.51. The molecule has 0 aliphatic rings. The van der Waals surface area contributed by atoms with E-state index >= 15 is 0 Å². The molecule has 2 atom stereocenters. The van der Waals surface area contributed by atoms with Crippen LogP contribution in [-0.4, -0.2) is 12.0 Å². The average Bonchev–Trinajstić information content (AvgIpc) is 2.54. The Kier molecular flexibility index (Phi) is 5.61. The molecule has 23 heavy (non-hydrogen) atoms. The third-order valence-electron chi connectivity index (χ3n) is 3.38. The topological polar surface area (TPSA) is 62.1 Å². The van der Waals surface area contributed by atoms with Gasteiger partial charge in [0.1, 0.15) is 5.75 Å². The van der Waals surface area contributed by atoms with Crippen molar-refractivity contribution in [3.63, 3.8) is 0 Å². The zero-order valence-electron chi connectivity index (χ0n) is 12.9. The normalized spacial score (nSPS) is 12.8. The van der Waals surface area contributed by atoms with Crippen molar-refractivity contribution in [2.45, 2.75) is 26.0 Å². The van der Waals surface area contributed by atoms with Crippen molar-refractivity contribution in [1.82, 2.24) is 5.32 Å². The van der Waals surface area contributed by atoms with Crippen molar-refractivity contribution in [2.75, 3.05) is 0 Å². The van der Waals surface area contributed by atoms with Crippen molar-refractivity contribution < 1.29 is 9.53 Å². The van der Waals surface area contributed by atoms with E-state index in [1.54, 1.807) is 43.3 Å². The fourth-order valence-electron chi connectivity index (χ4n) is 2.06. The van der Waals surface area contributed by atoms with Crippen molar-refractivity contribution in [3.8, 4) is 11.8 Å². The van der Waals surface area contributed by atoms with Gasteiger partial charge in [-0.3, -0.25) is 4.79 Å². The molecule has 1 amide bonds. The number of halogens is 1. The molecule has 0 aromatic heterocycles. The van der Waals surface area contributed by atoms with E-state index in [2.05, 4.69) is 11.4 Å². The van der Waals surface area contributed by atoms with Crippen LogP contribution in [0, 0.1) is 11.3 Å². The van der Waals surface area contributed by atoms with Gasteiger partial charge in [-0.1, -0.05) is 29.8 Å². The van der Waals surface area contributed by atoms with Gasteiger partial charge in [-0.2, -0.15) is 5.26 Å². The molecule has 2 unspecified atom stereocenters. The van der Waals surface area contributed by atoms with Crippen molar-refractivity contribution in [2.24, 2.45) is 0 Å². The molecule has 2 aromatic carbocycles. The molecule has 4 nitrogen and oxygen atoms in total. The number of hydrogen-bond acceptors (Lipinski definition) is 3. The molecule has 0 fully saturated rings. The summed E-state index contributed by atoms with van der Waals surface area (Å²) in [4.78, 5) is 12.2. The SMILES string of the molecule is CC(Oc1cccc(Cl)c1)C(=O)NC(C)c1ccc(C#N)cc1. The van der Waals surface area contributed by atoms with Gasteiger partial charge in [-0.15, -0.1) is 0 Å². The number of ether oxygens (including phenoxy) is 1. The number of nitrogens with one attached hydrogen (secondary N) is 1. The second-order valence-corrected chi connectivity index (χ2v) is 5.62. The van der Waals surface area contributed by atoms with Crippen LogP contribution in [0.1, 0.15) is 31.0 Å². The molecule has 118 valence electrons. The highest BCUT2D eigenvalue weighted by atomic mass is 35.5. The molecule has 0 aliphatic heterocycles. The molecule has 0 radical (unpaired) electrons. The molecule has 0 saturated heterocycles. The quantitative estimate of drug-likeness (QED) is 0.906. The van der Waals surface area contributed by atoms with E-state index in [0.717, 1.165) is 5.56 Å². The lowest BCUT2D eigenvalue weighted by molar-refractivity contribution is -0.127. The molecule has 1 N–H and O–H groups in total. The van der Waals surface area contributed by atoms with Gasteiger partial charge < -0.3 is 10.1 Å². The molecule has 0 aliphatic carbocycles. The smallest absolute Gasteiger partial charge is 0.261 e. The average molecular weight is 329 g/mol. The van der Waals surface area contributed by atoms with E-state index in [1.807, 2.05) is 19.1 Å². The summed E-state index contributed by atoms with van der Waals surface area (Å²) in [7, 11) is 0. The van der Waals surface area contributed by atoms with Crippen molar-refractivity contribution in [1.29, 1.82) is 5.26 Å². The van der Waals surface area contributed by atoms with Crippen LogP contribution in [0.5, 0.6) is 5.75 Å². The van der Waals surface area contributed by atoms with E-state index in [4.69, 9.17) is 21.6 Å². The minimum atomic E-state index is -0.644. The van der Waals surface area contributed by atoms with Gasteiger partial charge in [0.2, 0.25) is 0 Å². The standard InChI is InChI=1S/C18H17ClN2O2/c1-12(15-8-6-14(11-20)7-9-15)21-18(22)13(2)23-17-5-3-4-16(19)10-17/h3-10,12-13H,1-2H3,(H,21,22). The number of carbonyl (C=O) groups excluding carboxylic acids is 1. The summed E-state index contributed by atoms with van der Waals surface area (Å²) in [5.74, 6) is 0.327. The second-order valence-electron chi connectivity index (χ2n) is 5.18. The molecule has 2 aromatic rings. The molecule has 2 rings (SSSR count). The van der Waals surface area contributed by atoms with E-state index in [1.165, 1.54) is 0 Å². The Morgan fingerprint density at radius 3 is 2.52 bits per heavy atom. The van der Waals surface area contributed by atoms with Crippen LogP contribution in [0.4, 0.5) is 0 Å². The highest BCUT2D eigenvalue weighted by molar-refractivity contribution is 6.30. The van der Waals surface area contributed by atoms with Gasteiger partial charge in [0.25, 0.3) is 5.91 Å². The minimum Gasteiger partial charge on any atom is -0.481 e. The Balaban J connectivity index is 1.95. The number of carbonyl (C=O) groups is 1. The maximum atomic E-state index is 12.2. The minimum absolute atomic E-state index is 0.180. The summed E-state index contributed by atoms with van der Waals surface area (Å²) >= 11 is 5.89. The van der Waals surface area contributed by atoms with E-state index in [0.29, 0.717) is 16.3 Å². The number of nitriles is 1. The third kappa shape index (κ3) is 4.73. The van der Waals surface area contributed by atoms with Gasteiger partial charge in [-0.05, 0) is 49.7 Å². The van der Waals surface area contributed by atoms with Gasteiger partial charge in [0.15, 0.2) is 6.10 Å². The van der Waals surface area contributed by atoms with Crippen molar-refractivity contribution in [3.05, 3.63) is 64.7 Å². The first-order chi connectivity index (χ1) is 11.0. The van der Waals surface area contributed by atoms with E-state index in [-0.39, 0.29) is 11.9 Å². The van der Waals surface area contributed by atoms with Crippen LogP contribution in [0.2, 0.25) is 5.02 Å². The maximum absolute atomic E-state index is 12.2. The zero-order chi connectivity index (χ0) is 16.8. The fourth-order valence-corrected chi connectivity index (χ4v) is 2.24. The maximum Gasteiger partial charge on any atom is 0.261 e. The highest BCUT2D eigenvalue weighted by Gasteiger charge is 2.17. The summed E-state index contributed by atoms with van der Waals surface area (Å²) in [6.07, 6.45) is -0.644. The number of rotatable bonds is 5. The van der Waals surface area contributed by atoms with E-state index in [9.17, 15) is 4.79 Å². The number of hydrogen-bond donors (Lipinski definition) is 1. The number of amides is 1. The molecule has 0 saturated carbocycles. The lowest BCUT2D eigenvalue weighted by Gasteiger charge is -2.19. The van der Waals surface area contributed by atoms with Crippen LogP contribution < -0.4 is 10.1 Å².